The molecule has 1 unspecified atom stereocenters. The lowest BCUT2D eigenvalue weighted by Crippen LogP contribution is -2.36. The molecule has 0 saturated carbocycles. The number of hydrogen-bond donors (Lipinski definition) is 1. The zero-order chi connectivity index (χ0) is 15.8. The van der Waals surface area contributed by atoms with Crippen molar-refractivity contribution in [3.05, 3.63) is 16.1 Å². The Morgan fingerprint density at radius 1 is 1.33 bits per heavy atom. The molecule has 1 aromatic heterocycles. The van der Waals surface area contributed by atoms with E-state index in [1.165, 1.54) is 0 Å². The number of ether oxygens (including phenoxy) is 1. The molecule has 1 heterocycles. The minimum absolute atomic E-state index is 0.324. The van der Waals surface area contributed by atoms with Gasteiger partial charge < -0.3 is 15.0 Å². The van der Waals surface area contributed by atoms with Crippen LogP contribution < -0.4 is 10.2 Å². The second-order valence-corrected chi connectivity index (χ2v) is 5.81. The summed E-state index contributed by atoms with van der Waals surface area (Å²) in [5.41, 5.74) is 0. The Morgan fingerprint density at radius 3 is 2.62 bits per heavy atom. The molecule has 0 saturated heterocycles. The fourth-order valence-electron chi connectivity index (χ4n) is 1.97. The predicted molar refractivity (Wildman–Crippen MR) is 92.0 cm³/mol. The van der Waals surface area contributed by atoms with E-state index in [0.717, 1.165) is 31.7 Å². The molecule has 0 amide bonds. The Morgan fingerprint density at radius 2 is 2.05 bits per heavy atom. The SMILES string of the molecule is CCCNc1nc(N(CCOC)C(C)CC)c(Cl)cc1Cl. The van der Waals surface area contributed by atoms with Crippen LogP contribution in [0.5, 0.6) is 0 Å². The summed E-state index contributed by atoms with van der Waals surface area (Å²) >= 11 is 12.6. The number of hydrogen-bond acceptors (Lipinski definition) is 4. The zero-order valence-electron chi connectivity index (χ0n) is 13.2. The predicted octanol–water partition coefficient (Wildman–Crippen LogP) is 4.46. The molecule has 0 bridgehead atoms. The van der Waals surface area contributed by atoms with Crippen molar-refractivity contribution >= 4 is 34.8 Å². The standard InChI is InChI=1S/C15H25Cl2N3O/c1-5-7-18-14-12(16)10-13(17)15(19-14)20(8-9-21-4)11(3)6-2/h10-11H,5-9H2,1-4H3,(H,18,19). The summed E-state index contributed by atoms with van der Waals surface area (Å²) in [5, 5.41) is 4.36. The van der Waals surface area contributed by atoms with Crippen LogP contribution in [-0.2, 0) is 4.74 Å². The minimum atomic E-state index is 0.324. The van der Waals surface area contributed by atoms with E-state index in [4.69, 9.17) is 27.9 Å². The maximum Gasteiger partial charge on any atom is 0.150 e. The fourth-order valence-corrected chi connectivity index (χ4v) is 2.50. The van der Waals surface area contributed by atoms with Crippen LogP contribution in [0.3, 0.4) is 0 Å². The summed E-state index contributed by atoms with van der Waals surface area (Å²) in [7, 11) is 1.69. The van der Waals surface area contributed by atoms with Crippen LogP contribution in [0.1, 0.15) is 33.6 Å². The van der Waals surface area contributed by atoms with Gasteiger partial charge in [0.1, 0.15) is 11.6 Å². The van der Waals surface area contributed by atoms with Gasteiger partial charge in [-0.05, 0) is 25.8 Å². The van der Waals surface area contributed by atoms with Gasteiger partial charge in [-0.2, -0.15) is 0 Å². The molecule has 1 atom stereocenters. The van der Waals surface area contributed by atoms with Crippen LogP contribution in [0, 0.1) is 0 Å². The second kappa shape index (κ2) is 9.34. The summed E-state index contributed by atoms with van der Waals surface area (Å²) in [5.74, 6) is 1.44. The number of nitrogens with one attached hydrogen (secondary N) is 1. The number of methoxy groups -OCH3 is 1. The third kappa shape index (κ3) is 5.20. The van der Waals surface area contributed by atoms with Crippen molar-refractivity contribution in [2.24, 2.45) is 0 Å². The lowest BCUT2D eigenvalue weighted by Gasteiger charge is -2.30. The fraction of sp³-hybridized carbons (Fsp3) is 0.667. The Labute approximate surface area is 137 Å². The molecule has 120 valence electrons. The molecule has 1 N–H and O–H groups in total. The molecule has 0 aliphatic rings. The molecule has 0 aliphatic heterocycles. The Hall–Kier alpha value is -0.710. The Kier molecular flexibility index (Phi) is 8.15. The third-order valence-electron chi connectivity index (χ3n) is 3.38. The third-order valence-corrected chi connectivity index (χ3v) is 3.95. The molecule has 0 aromatic carbocycles. The molecular weight excluding hydrogens is 309 g/mol. The van der Waals surface area contributed by atoms with Gasteiger partial charge in [0, 0.05) is 26.2 Å². The molecule has 1 rings (SSSR count). The number of rotatable bonds is 9. The molecule has 0 spiro atoms. The second-order valence-electron chi connectivity index (χ2n) is 4.99. The highest BCUT2D eigenvalue weighted by molar-refractivity contribution is 6.37. The Bertz CT molecular complexity index is 443. The van der Waals surface area contributed by atoms with Gasteiger partial charge in [-0.25, -0.2) is 4.98 Å². The number of anilines is 2. The van der Waals surface area contributed by atoms with Crippen molar-refractivity contribution in [2.75, 3.05) is 37.0 Å². The molecule has 1 aromatic rings. The Balaban J connectivity index is 3.10. The summed E-state index contributed by atoms with van der Waals surface area (Å²) in [6, 6.07) is 2.08. The monoisotopic (exact) mass is 333 g/mol. The molecule has 4 nitrogen and oxygen atoms in total. The normalized spacial score (nSPS) is 12.3. The summed E-state index contributed by atoms with van der Waals surface area (Å²) in [6.07, 6.45) is 2.01. The first kappa shape index (κ1) is 18.3. The van der Waals surface area contributed by atoms with E-state index in [-0.39, 0.29) is 0 Å². The largest absolute Gasteiger partial charge is 0.383 e. The van der Waals surface area contributed by atoms with E-state index in [2.05, 4.69) is 36.0 Å². The highest BCUT2D eigenvalue weighted by Gasteiger charge is 2.19. The van der Waals surface area contributed by atoms with Crippen LogP contribution >= 0.6 is 23.2 Å². The maximum atomic E-state index is 6.35. The quantitative estimate of drug-likeness (QED) is 0.723. The van der Waals surface area contributed by atoms with Crippen molar-refractivity contribution in [1.29, 1.82) is 0 Å². The van der Waals surface area contributed by atoms with Gasteiger partial charge in [-0.1, -0.05) is 37.0 Å². The lowest BCUT2D eigenvalue weighted by atomic mass is 10.2. The molecule has 0 radical (unpaired) electrons. The first-order valence-electron chi connectivity index (χ1n) is 7.40. The topological polar surface area (TPSA) is 37.4 Å². The van der Waals surface area contributed by atoms with Gasteiger partial charge in [0.15, 0.2) is 0 Å². The van der Waals surface area contributed by atoms with E-state index in [1.807, 2.05) is 0 Å². The van der Waals surface area contributed by atoms with Crippen LogP contribution in [0.15, 0.2) is 6.07 Å². The van der Waals surface area contributed by atoms with Crippen LogP contribution in [-0.4, -0.2) is 37.8 Å². The molecule has 0 fully saturated rings. The average Bonchev–Trinajstić information content (AvgIpc) is 2.47. The molecule has 21 heavy (non-hydrogen) atoms. The van der Waals surface area contributed by atoms with Crippen molar-refractivity contribution in [2.45, 2.75) is 39.7 Å². The first-order valence-corrected chi connectivity index (χ1v) is 8.16. The van der Waals surface area contributed by atoms with Gasteiger partial charge in [-0.15, -0.1) is 0 Å². The van der Waals surface area contributed by atoms with E-state index in [9.17, 15) is 0 Å². The van der Waals surface area contributed by atoms with Gasteiger partial charge in [0.25, 0.3) is 0 Å². The highest BCUT2D eigenvalue weighted by atomic mass is 35.5. The zero-order valence-corrected chi connectivity index (χ0v) is 14.8. The van der Waals surface area contributed by atoms with E-state index < -0.39 is 0 Å². The summed E-state index contributed by atoms with van der Waals surface area (Å²) in [6.45, 7) is 8.60. The minimum Gasteiger partial charge on any atom is -0.383 e. The number of nitrogens with zero attached hydrogens (tertiary/aromatic N) is 2. The number of halogens is 2. The van der Waals surface area contributed by atoms with E-state index in [1.54, 1.807) is 13.2 Å². The van der Waals surface area contributed by atoms with Gasteiger partial charge in [-0.3, -0.25) is 0 Å². The summed E-state index contributed by atoms with van der Waals surface area (Å²) in [4.78, 5) is 6.79. The number of aromatic nitrogens is 1. The molecular formula is C15H25Cl2N3O. The molecule has 6 heteroatoms. The van der Waals surface area contributed by atoms with Crippen molar-refractivity contribution < 1.29 is 4.74 Å². The van der Waals surface area contributed by atoms with E-state index in [0.29, 0.717) is 28.5 Å². The van der Waals surface area contributed by atoms with E-state index >= 15 is 0 Å². The maximum absolute atomic E-state index is 6.35. The van der Waals surface area contributed by atoms with Crippen LogP contribution in [0.25, 0.3) is 0 Å². The van der Waals surface area contributed by atoms with Crippen LogP contribution in [0.4, 0.5) is 11.6 Å². The van der Waals surface area contributed by atoms with Crippen molar-refractivity contribution in [3.63, 3.8) is 0 Å². The number of pyridine rings is 1. The summed E-state index contributed by atoms with van der Waals surface area (Å²) < 4.78 is 5.19. The van der Waals surface area contributed by atoms with Crippen molar-refractivity contribution in [3.8, 4) is 0 Å². The van der Waals surface area contributed by atoms with Crippen LogP contribution in [0.2, 0.25) is 10.0 Å². The van der Waals surface area contributed by atoms with Gasteiger partial charge >= 0.3 is 0 Å². The van der Waals surface area contributed by atoms with Gasteiger partial charge in [0.2, 0.25) is 0 Å². The average molecular weight is 334 g/mol. The first-order chi connectivity index (χ1) is 10.0. The smallest absolute Gasteiger partial charge is 0.150 e. The highest BCUT2D eigenvalue weighted by Crippen LogP contribution is 2.32. The van der Waals surface area contributed by atoms with Crippen molar-refractivity contribution in [1.82, 2.24) is 4.98 Å². The van der Waals surface area contributed by atoms with Gasteiger partial charge in [0.05, 0.1) is 16.7 Å². The molecule has 0 aliphatic carbocycles. The lowest BCUT2D eigenvalue weighted by molar-refractivity contribution is 0.203.